The van der Waals surface area contributed by atoms with Gasteiger partial charge in [-0.15, -0.1) is 0 Å². The number of carbonyl (C=O) groups is 1. The minimum Gasteiger partial charge on any atom is -0.350 e. The third kappa shape index (κ3) is 4.49. The Labute approximate surface area is 169 Å². The van der Waals surface area contributed by atoms with Crippen LogP contribution in [0.15, 0.2) is 53.3 Å². The quantitative estimate of drug-likeness (QED) is 0.714. The lowest BCUT2D eigenvalue weighted by molar-refractivity contribution is -0.121. The summed E-state index contributed by atoms with van der Waals surface area (Å²) in [7, 11) is 0. The molecule has 3 aromatic rings. The van der Waals surface area contributed by atoms with Crippen LogP contribution in [0.1, 0.15) is 22.4 Å². The van der Waals surface area contributed by atoms with E-state index in [1.807, 2.05) is 37.3 Å². The number of aromatic nitrogens is 2. The maximum Gasteiger partial charge on any atom is 0.257 e. The third-order valence-electron chi connectivity index (χ3n) is 4.63. The van der Waals surface area contributed by atoms with Crippen LogP contribution in [-0.2, 0) is 17.9 Å². The molecule has 0 fully saturated rings. The van der Waals surface area contributed by atoms with Crippen molar-refractivity contribution in [3.8, 4) is 11.4 Å². The van der Waals surface area contributed by atoms with E-state index < -0.39 is 0 Å². The number of aryl methyl sites for hydroxylation is 2. The van der Waals surface area contributed by atoms with Gasteiger partial charge in [0.2, 0.25) is 5.91 Å². The second-order valence-electron chi connectivity index (χ2n) is 6.81. The monoisotopic (exact) mass is 395 g/mol. The van der Waals surface area contributed by atoms with E-state index in [1.54, 1.807) is 32.0 Å². The van der Waals surface area contributed by atoms with E-state index in [1.165, 1.54) is 4.57 Å². The van der Waals surface area contributed by atoms with Crippen LogP contribution in [0.2, 0.25) is 5.02 Å². The number of nitrogens with one attached hydrogen (secondary N) is 1. The lowest BCUT2D eigenvalue weighted by Gasteiger charge is -2.15. The van der Waals surface area contributed by atoms with Gasteiger partial charge in [-0.2, -0.15) is 0 Å². The summed E-state index contributed by atoms with van der Waals surface area (Å²) in [6.07, 6.45) is 0. The molecule has 0 aliphatic carbocycles. The smallest absolute Gasteiger partial charge is 0.257 e. The van der Waals surface area contributed by atoms with E-state index in [9.17, 15) is 9.59 Å². The molecule has 0 aliphatic rings. The van der Waals surface area contributed by atoms with Crippen LogP contribution < -0.4 is 10.9 Å². The van der Waals surface area contributed by atoms with Crippen molar-refractivity contribution >= 4 is 17.5 Å². The summed E-state index contributed by atoms with van der Waals surface area (Å²) in [5, 5.41) is 3.41. The van der Waals surface area contributed by atoms with Gasteiger partial charge in [-0.05, 0) is 38.5 Å². The Morgan fingerprint density at radius 1 is 1.11 bits per heavy atom. The van der Waals surface area contributed by atoms with E-state index in [0.717, 1.165) is 11.1 Å². The van der Waals surface area contributed by atoms with Crippen LogP contribution in [0.5, 0.6) is 0 Å². The van der Waals surface area contributed by atoms with Gasteiger partial charge >= 0.3 is 0 Å². The first kappa shape index (κ1) is 19.8. The maximum atomic E-state index is 12.8. The van der Waals surface area contributed by atoms with Gasteiger partial charge in [0.05, 0.1) is 0 Å². The van der Waals surface area contributed by atoms with E-state index >= 15 is 0 Å². The first-order chi connectivity index (χ1) is 13.3. The molecule has 0 bridgehead atoms. The topological polar surface area (TPSA) is 64.0 Å². The molecule has 1 N–H and O–H groups in total. The summed E-state index contributed by atoms with van der Waals surface area (Å²) >= 11 is 6.10. The maximum absolute atomic E-state index is 12.8. The highest BCUT2D eigenvalue weighted by molar-refractivity contribution is 6.30. The number of carbonyl (C=O) groups excluding carboxylic acids is 1. The first-order valence-corrected chi connectivity index (χ1v) is 9.39. The van der Waals surface area contributed by atoms with Crippen molar-refractivity contribution in [2.24, 2.45) is 0 Å². The van der Waals surface area contributed by atoms with E-state index in [4.69, 9.17) is 11.6 Å². The fourth-order valence-corrected chi connectivity index (χ4v) is 3.05. The predicted molar refractivity (Wildman–Crippen MR) is 111 cm³/mol. The highest BCUT2D eigenvalue weighted by Crippen LogP contribution is 2.21. The molecule has 1 heterocycles. The molecule has 144 valence electrons. The summed E-state index contributed by atoms with van der Waals surface area (Å²) in [5.74, 6) is 0.178. The fourth-order valence-electron chi connectivity index (χ4n) is 2.86. The van der Waals surface area contributed by atoms with Gasteiger partial charge in [-0.3, -0.25) is 14.2 Å². The zero-order chi connectivity index (χ0) is 20.3. The van der Waals surface area contributed by atoms with Crippen LogP contribution in [0.25, 0.3) is 11.4 Å². The third-order valence-corrected chi connectivity index (χ3v) is 4.87. The van der Waals surface area contributed by atoms with Crippen LogP contribution in [0.3, 0.4) is 0 Å². The molecule has 6 heteroatoms. The number of benzene rings is 2. The van der Waals surface area contributed by atoms with Gasteiger partial charge in [0.1, 0.15) is 12.4 Å². The summed E-state index contributed by atoms with van der Waals surface area (Å²) in [4.78, 5) is 29.9. The average molecular weight is 396 g/mol. The highest BCUT2D eigenvalue weighted by Gasteiger charge is 2.16. The summed E-state index contributed by atoms with van der Waals surface area (Å²) in [5.41, 5.74) is 3.79. The Morgan fingerprint density at radius 2 is 1.82 bits per heavy atom. The fraction of sp³-hybridized carbons (Fsp3) is 0.227. The molecule has 0 aliphatic heterocycles. The molecule has 1 amide bonds. The standard InChI is InChI=1S/C22H22ClN3O2/c1-14-7-9-17(10-8-14)12-24-20(27)13-26-21(18-5-4-6-19(23)11-18)25-16(3)15(2)22(26)28/h4-11H,12-13H2,1-3H3,(H,24,27). The Balaban J connectivity index is 1.88. The van der Waals surface area contributed by atoms with Crippen LogP contribution >= 0.6 is 11.6 Å². The number of hydrogen-bond donors (Lipinski definition) is 1. The zero-order valence-electron chi connectivity index (χ0n) is 16.1. The molecule has 0 saturated carbocycles. The van der Waals surface area contributed by atoms with Crippen molar-refractivity contribution < 1.29 is 4.79 Å². The molecule has 28 heavy (non-hydrogen) atoms. The number of halogens is 1. The summed E-state index contributed by atoms with van der Waals surface area (Å²) in [6, 6.07) is 15.0. The Bertz CT molecular complexity index is 1070. The number of rotatable bonds is 5. The SMILES string of the molecule is Cc1ccc(CNC(=O)Cn2c(-c3cccc(Cl)c3)nc(C)c(C)c2=O)cc1. The number of nitrogens with zero attached hydrogens (tertiary/aromatic N) is 2. The Hall–Kier alpha value is -2.92. The van der Waals surface area contributed by atoms with Crippen LogP contribution in [0.4, 0.5) is 0 Å². The van der Waals surface area contributed by atoms with E-state index in [0.29, 0.717) is 34.2 Å². The molecule has 2 aromatic carbocycles. The predicted octanol–water partition coefficient (Wildman–Crippen LogP) is 3.81. The lowest BCUT2D eigenvalue weighted by Crippen LogP contribution is -2.34. The molecular formula is C22H22ClN3O2. The molecule has 3 rings (SSSR count). The minimum absolute atomic E-state index is 0.110. The van der Waals surface area contributed by atoms with Crippen LogP contribution in [-0.4, -0.2) is 15.5 Å². The number of hydrogen-bond acceptors (Lipinski definition) is 3. The molecule has 1 aromatic heterocycles. The second-order valence-corrected chi connectivity index (χ2v) is 7.25. The minimum atomic E-state index is -0.254. The van der Waals surface area contributed by atoms with Gasteiger partial charge in [-0.25, -0.2) is 4.98 Å². The second kappa shape index (κ2) is 8.40. The van der Waals surface area contributed by atoms with Crippen molar-refractivity contribution in [2.75, 3.05) is 0 Å². The molecular weight excluding hydrogens is 374 g/mol. The van der Waals surface area contributed by atoms with Gasteiger partial charge in [0.15, 0.2) is 0 Å². The van der Waals surface area contributed by atoms with Crippen molar-refractivity contribution in [2.45, 2.75) is 33.9 Å². The summed E-state index contributed by atoms with van der Waals surface area (Å²) in [6.45, 7) is 5.80. The average Bonchev–Trinajstić information content (AvgIpc) is 2.68. The van der Waals surface area contributed by atoms with E-state index in [2.05, 4.69) is 10.3 Å². The number of amides is 1. The van der Waals surface area contributed by atoms with Gasteiger partial charge in [0, 0.05) is 28.4 Å². The van der Waals surface area contributed by atoms with Crippen LogP contribution in [0, 0.1) is 20.8 Å². The van der Waals surface area contributed by atoms with Gasteiger partial charge in [0.25, 0.3) is 5.56 Å². The van der Waals surface area contributed by atoms with Crippen molar-refractivity contribution in [1.82, 2.24) is 14.9 Å². The van der Waals surface area contributed by atoms with Crippen molar-refractivity contribution in [3.05, 3.63) is 86.3 Å². The first-order valence-electron chi connectivity index (χ1n) is 9.01. The molecule has 0 unspecified atom stereocenters. The lowest BCUT2D eigenvalue weighted by atomic mass is 10.1. The normalized spacial score (nSPS) is 10.7. The van der Waals surface area contributed by atoms with Gasteiger partial charge in [-0.1, -0.05) is 53.6 Å². The zero-order valence-corrected chi connectivity index (χ0v) is 16.9. The summed E-state index contributed by atoms with van der Waals surface area (Å²) < 4.78 is 1.40. The largest absolute Gasteiger partial charge is 0.350 e. The molecule has 0 atom stereocenters. The molecule has 0 radical (unpaired) electrons. The highest BCUT2D eigenvalue weighted by atomic mass is 35.5. The van der Waals surface area contributed by atoms with Crippen molar-refractivity contribution in [1.29, 1.82) is 0 Å². The Morgan fingerprint density at radius 3 is 2.50 bits per heavy atom. The van der Waals surface area contributed by atoms with E-state index in [-0.39, 0.29) is 18.0 Å². The van der Waals surface area contributed by atoms with Crippen molar-refractivity contribution in [3.63, 3.8) is 0 Å². The Kier molecular flexibility index (Phi) is 5.95. The molecule has 5 nitrogen and oxygen atoms in total. The van der Waals surface area contributed by atoms with Gasteiger partial charge < -0.3 is 5.32 Å². The molecule has 0 spiro atoms. The molecule has 0 saturated heterocycles.